The van der Waals surface area contributed by atoms with E-state index < -0.39 is 18.0 Å². The van der Waals surface area contributed by atoms with Gasteiger partial charge in [-0.25, -0.2) is 4.99 Å². The molecule has 2 N–H and O–H groups in total. The van der Waals surface area contributed by atoms with E-state index in [-0.39, 0.29) is 17.6 Å². The summed E-state index contributed by atoms with van der Waals surface area (Å²) in [6, 6.07) is 14.4. The van der Waals surface area contributed by atoms with Gasteiger partial charge in [0, 0.05) is 41.0 Å². The van der Waals surface area contributed by atoms with Crippen LogP contribution in [0.1, 0.15) is 22.4 Å². The highest BCUT2D eigenvalue weighted by Crippen LogP contribution is 2.32. The quantitative estimate of drug-likeness (QED) is 0.435. The maximum atomic E-state index is 13.3. The third kappa shape index (κ3) is 5.61. The van der Waals surface area contributed by atoms with Crippen LogP contribution in [-0.2, 0) is 17.5 Å². The van der Waals surface area contributed by atoms with Crippen LogP contribution in [0.2, 0.25) is 10.0 Å². The minimum atomic E-state index is -4.52. The van der Waals surface area contributed by atoms with E-state index >= 15 is 0 Å². The van der Waals surface area contributed by atoms with Gasteiger partial charge in [-0.05, 0) is 48.1 Å². The van der Waals surface area contributed by atoms with Crippen molar-refractivity contribution in [2.75, 3.05) is 11.9 Å². The summed E-state index contributed by atoms with van der Waals surface area (Å²) in [5.74, 6) is -0.388. The SMILES string of the molecule is CN1C(=O)C(NC(=S)NCc2ccc(C(F)(F)F)nc2)N=C(c2ccccc2Cl)c2cc(Cl)ccc21. The Hall–Kier alpha value is -3.21. The van der Waals surface area contributed by atoms with Gasteiger partial charge in [0.25, 0.3) is 5.91 Å². The van der Waals surface area contributed by atoms with Crippen LogP contribution in [0.15, 0.2) is 65.8 Å². The van der Waals surface area contributed by atoms with Gasteiger partial charge in [-0.15, -0.1) is 0 Å². The molecule has 3 aromatic rings. The number of benzodiazepines with no additional fused rings is 1. The monoisotopic (exact) mass is 551 g/mol. The van der Waals surface area contributed by atoms with Crippen LogP contribution < -0.4 is 15.5 Å². The Balaban J connectivity index is 1.59. The van der Waals surface area contributed by atoms with E-state index in [4.69, 9.17) is 35.4 Å². The zero-order valence-electron chi connectivity index (χ0n) is 18.6. The number of thiocarbonyl (C=S) groups is 1. The molecular formula is C24H18Cl2F3N5OS. The van der Waals surface area contributed by atoms with Gasteiger partial charge in [-0.2, -0.15) is 13.2 Å². The van der Waals surface area contributed by atoms with Crippen LogP contribution in [0.25, 0.3) is 0 Å². The highest BCUT2D eigenvalue weighted by atomic mass is 35.5. The fourth-order valence-electron chi connectivity index (χ4n) is 3.56. The van der Waals surface area contributed by atoms with E-state index in [1.807, 2.05) is 0 Å². The molecule has 4 rings (SSSR count). The van der Waals surface area contributed by atoms with Crippen molar-refractivity contribution in [3.05, 3.63) is 93.2 Å². The maximum absolute atomic E-state index is 13.3. The Labute approximate surface area is 220 Å². The van der Waals surface area contributed by atoms with Crippen molar-refractivity contribution in [3.63, 3.8) is 0 Å². The van der Waals surface area contributed by atoms with Crippen molar-refractivity contribution in [2.45, 2.75) is 18.9 Å². The number of hydrogen-bond donors (Lipinski definition) is 2. The van der Waals surface area contributed by atoms with Gasteiger partial charge < -0.3 is 15.5 Å². The highest BCUT2D eigenvalue weighted by molar-refractivity contribution is 7.80. The van der Waals surface area contributed by atoms with Crippen molar-refractivity contribution >= 4 is 57.8 Å². The first kappa shape index (κ1) is 25.9. The normalized spacial score (nSPS) is 15.6. The van der Waals surface area contributed by atoms with Crippen LogP contribution in [0, 0.1) is 0 Å². The molecule has 12 heteroatoms. The molecule has 1 unspecified atom stereocenters. The van der Waals surface area contributed by atoms with Crippen molar-refractivity contribution in [1.82, 2.24) is 15.6 Å². The molecular weight excluding hydrogens is 534 g/mol. The number of hydrogen-bond acceptors (Lipinski definition) is 4. The number of likely N-dealkylation sites (N-methyl/N-ethyl adjacent to an activating group) is 1. The van der Waals surface area contributed by atoms with Gasteiger partial charge in [0.05, 0.1) is 11.4 Å². The second-order valence-corrected chi connectivity index (χ2v) is 9.05. The number of halogens is 5. The standard InChI is InChI=1S/C24H18Cl2F3N5OS/c1-34-18-8-7-14(25)10-16(18)20(15-4-2-3-5-17(15)26)32-21(22(34)35)33-23(36)31-12-13-6-9-19(30-11-13)24(27,28)29/h2-11,21H,12H2,1H3,(H2,31,33,36). The molecule has 0 spiro atoms. The molecule has 1 amide bonds. The van der Waals surface area contributed by atoms with Crippen LogP contribution in [0.5, 0.6) is 0 Å². The topological polar surface area (TPSA) is 69.6 Å². The van der Waals surface area contributed by atoms with Gasteiger partial charge in [-0.3, -0.25) is 9.78 Å². The molecule has 1 aliphatic heterocycles. The van der Waals surface area contributed by atoms with E-state index in [1.54, 1.807) is 49.5 Å². The number of nitrogens with one attached hydrogen (secondary N) is 2. The van der Waals surface area contributed by atoms with E-state index in [2.05, 4.69) is 20.6 Å². The van der Waals surface area contributed by atoms with Gasteiger partial charge in [0.2, 0.25) is 6.17 Å². The minimum absolute atomic E-state index is 0.0768. The molecule has 0 saturated heterocycles. The number of pyridine rings is 1. The lowest BCUT2D eigenvalue weighted by molar-refractivity contribution is -0.141. The number of fused-ring (bicyclic) bond motifs is 1. The Kier molecular flexibility index (Phi) is 7.49. The Morgan fingerprint density at radius 3 is 2.53 bits per heavy atom. The molecule has 2 heterocycles. The second-order valence-electron chi connectivity index (χ2n) is 7.80. The number of benzene rings is 2. The summed E-state index contributed by atoms with van der Waals surface area (Å²) < 4.78 is 38.2. The Bertz CT molecular complexity index is 1350. The highest BCUT2D eigenvalue weighted by Gasteiger charge is 2.32. The number of carbonyl (C=O) groups excluding carboxylic acids is 1. The summed E-state index contributed by atoms with van der Waals surface area (Å²) >= 11 is 18.0. The lowest BCUT2D eigenvalue weighted by atomic mass is 10.00. The first-order valence-corrected chi connectivity index (χ1v) is 11.7. The number of amides is 1. The Morgan fingerprint density at radius 1 is 1.11 bits per heavy atom. The van der Waals surface area contributed by atoms with Crippen LogP contribution in [-0.4, -0.2) is 34.9 Å². The number of anilines is 1. The first-order chi connectivity index (χ1) is 17.0. The minimum Gasteiger partial charge on any atom is -0.359 e. The molecule has 1 aliphatic rings. The molecule has 1 aromatic heterocycles. The van der Waals surface area contributed by atoms with Crippen molar-refractivity contribution in [2.24, 2.45) is 4.99 Å². The summed E-state index contributed by atoms with van der Waals surface area (Å²) in [4.78, 5) is 22.8. The number of rotatable bonds is 4. The van der Waals surface area contributed by atoms with Gasteiger partial charge in [0.1, 0.15) is 5.69 Å². The second kappa shape index (κ2) is 10.4. The zero-order chi connectivity index (χ0) is 26.0. The molecule has 0 fully saturated rings. The summed E-state index contributed by atoms with van der Waals surface area (Å²) in [5, 5.41) is 6.72. The van der Waals surface area contributed by atoms with Gasteiger partial charge >= 0.3 is 6.18 Å². The summed E-state index contributed by atoms with van der Waals surface area (Å²) in [5.41, 5.74) is 1.74. The first-order valence-electron chi connectivity index (χ1n) is 10.5. The zero-order valence-corrected chi connectivity index (χ0v) is 20.9. The van der Waals surface area contributed by atoms with Crippen molar-refractivity contribution in [3.8, 4) is 0 Å². The van der Waals surface area contributed by atoms with Crippen LogP contribution in [0.3, 0.4) is 0 Å². The fourth-order valence-corrected chi connectivity index (χ4v) is 4.14. The lowest BCUT2D eigenvalue weighted by Gasteiger charge is -2.22. The number of carbonyl (C=O) groups is 1. The molecule has 186 valence electrons. The Morgan fingerprint density at radius 2 is 1.86 bits per heavy atom. The van der Waals surface area contributed by atoms with Crippen LogP contribution in [0.4, 0.5) is 18.9 Å². The molecule has 36 heavy (non-hydrogen) atoms. The third-order valence-corrected chi connectivity index (χ3v) is 6.19. The smallest absolute Gasteiger partial charge is 0.359 e. The predicted molar refractivity (Wildman–Crippen MR) is 138 cm³/mol. The molecule has 0 bridgehead atoms. The van der Waals surface area contributed by atoms with Crippen LogP contribution >= 0.6 is 35.4 Å². The van der Waals surface area contributed by atoms with Gasteiger partial charge in [0.15, 0.2) is 5.11 Å². The largest absolute Gasteiger partial charge is 0.433 e. The lowest BCUT2D eigenvalue weighted by Crippen LogP contribution is -2.49. The van der Waals surface area contributed by atoms with E-state index in [1.165, 1.54) is 11.0 Å². The molecule has 2 aromatic carbocycles. The molecule has 0 radical (unpaired) electrons. The number of nitrogens with zero attached hydrogens (tertiary/aromatic N) is 3. The van der Waals surface area contributed by atoms with E-state index in [9.17, 15) is 18.0 Å². The molecule has 0 aliphatic carbocycles. The maximum Gasteiger partial charge on any atom is 0.433 e. The summed E-state index contributed by atoms with van der Waals surface area (Å²) in [7, 11) is 1.61. The molecule has 1 atom stereocenters. The third-order valence-electron chi connectivity index (χ3n) is 5.36. The number of aliphatic imine (C=N–C) groups is 1. The predicted octanol–water partition coefficient (Wildman–Crippen LogP) is 5.21. The van der Waals surface area contributed by atoms with E-state index in [0.29, 0.717) is 38.1 Å². The summed E-state index contributed by atoms with van der Waals surface area (Å²) in [6.45, 7) is 0.0879. The number of alkyl halides is 3. The molecule has 0 saturated carbocycles. The van der Waals surface area contributed by atoms with E-state index in [0.717, 1.165) is 12.3 Å². The fraction of sp³-hybridized carbons (Fsp3) is 0.167. The number of aromatic nitrogens is 1. The molecule has 6 nitrogen and oxygen atoms in total. The average Bonchev–Trinajstić information content (AvgIpc) is 2.93. The van der Waals surface area contributed by atoms with Gasteiger partial charge in [-0.1, -0.05) is 47.5 Å². The average molecular weight is 552 g/mol. The van der Waals surface area contributed by atoms with Crippen molar-refractivity contribution in [1.29, 1.82) is 0 Å². The summed E-state index contributed by atoms with van der Waals surface area (Å²) in [6.07, 6.45) is -4.52. The van der Waals surface area contributed by atoms with Crippen molar-refractivity contribution < 1.29 is 18.0 Å².